The van der Waals surface area contributed by atoms with Crippen LogP contribution in [0.5, 0.6) is 0 Å². The lowest BCUT2D eigenvalue weighted by Crippen LogP contribution is -2.34. The van der Waals surface area contributed by atoms with E-state index in [1.807, 2.05) is 12.1 Å². The van der Waals surface area contributed by atoms with Crippen LogP contribution in [0.25, 0.3) is 0 Å². The zero-order valence-corrected chi connectivity index (χ0v) is 13.9. The van der Waals surface area contributed by atoms with Crippen molar-refractivity contribution in [3.05, 3.63) is 59.4 Å². The number of pyridine rings is 1. The number of amides is 1. The average molecular weight is 321 g/mol. The second-order valence-corrected chi connectivity index (χ2v) is 6.79. The SMILES string of the molecule is O=C(NC1CCCC1)c1cc(N2CCc3ccccc3C2)ccn1. The summed E-state index contributed by atoms with van der Waals surface area (Å²) in [6.45, 7) is 1.87. The third-order valence-electron chi connectivity index (χ3n) is 5.16. The molecule has 1 aromatic heterocycles. The fourth-order valence-corrected chi connectivity index (χ4v) is 3.79. The molecule has 0 radical (unpaired) electrons. The van der Waals surface area contributed by atoms with E-state index in [0.29, 0.717) is 11.7 Å². The van der Waals surface area contributed by atoms with Crippen LogP contribution in [-0.4, -0.2) is 23.5 Å². The summed E-state index contributed by atoms with van der Waals surface area (Å²) in [4.78, 5) is 19.1. The van der Waals surface area contributed by atoms with Crippen molar-refractivity contribution in [2.75, 3.05) is 11.4 Å². The van der Waals surface area contributed by atoms with Crippen molar-refractivity contribution >= 4 is 11.6 Å². The van der Waals surface area contributed by atoms with Gasteiger partial charge in [0.1, 0.15) is 5.69 Å². The molecule has 2 aromatic rings. The van der Waals surface area contributed by atoms with Gasteiger partial charge < -0.3 is 10.2 Å². The van der Waals surface area contributed by atoms with E-state index in [-0.39, 0.29) is 5.91 Å². The Bertz CT molecular complexity index is 737. The summed E-state index contributed by atoms with van der Waals surface area (Å²) in [5, 5.41) is 3.12. The van der Waals surface area contributed by atoms with E-state index in [2.05, 4.69) is 39.5 Å². The number of aromatic nitrogens is 1. The summed E-state index contributed by atoms with van der Waals surface area (Å²) < 4.78 is 0. The molecule has 2 aliphatic rings. The molecule has 24 heavy (non-hydrogen) atoms. The zero-order valence-electron chi connectivity index (χ0n) is 13.9. The molecule has 1 saturated carbocycles. The monoisotopic (exact) mass is 321 g/mol. The smallest absolute Gasteiger partial charge is 0.270 e. The minimum atomic E-state index is -0.0406. The summed E-state index contributed by atoms with van der Waals surface area (Å²) >= 11 is 0. The number of anilines is 1. The first-order valence-electron chi connectivity index (χ1n) is 8.88. The number of carbonyl (C=O) groups excluding carboxylic acids is 1. The molecule has 2 heterocycles. The number of benzene rings is 1. The minimum absolute atomic E-state index is 0.0406. The van der Waals surface area contributed by atoms with Gasteiger partial charge in [0.25, 0.3) is 5.91 Å². The van der Waals surface area contributed by atoms with E-state index >= 15 is 0 Å². The molecule has 1 aliphatic heterocycles. The fourth-order valence-electron chi connectivity index (χ4n) is 3.79. The van der Waals surface area contributed by atoms with Crippen LogP contribution < -0.4 is 10.2 Å². The lowest BCUT2D eigenvalue weighted by molar-refractivity contribution is 0.0933. The zero-order chi connectivity index (χ0) is 16.4. The molecule has 0 atom stereocenters. The van der Waals surface area contributed by atoms with Gasteiger partial charge in [0.05, 0.1) is 0 Å². The lowest BCUT2D eigenvalue weighted by atomic mass is 9.99. The van der Waals surface area contributed by atoms with Gasteiger partial charge in [-0.2, -0.15) is 0 Å². The Morgan fingerprint density at radius 3 is 2.75 bits per heavy atom. The number of hydrogen-bond acceptors (Lipinski definition) is 3. The molecule has 4 heteroatoms. The van der Waals surface area contributed by atoms with E-state index in [0.717, 1.165) is 38.0 Å². The standard InChI is InChI=1S/C20H23N3O/c24-20(22-17-7-3-4-8-17)19-13-18(9-11-21-19)23-12-10-15-5-1-2-6-16(15)14-23/h1-2,5-6,9,11,13,17H,3-4,7-8,10,12,14H2,(H,22,24). The highest BCUT2D eigenvalue weighted by molar-refractivity contribution is 5.93. The van der Waals surface area contributed by atoms with Crippen LogP contribution in [0.1, 0.15) is 47.3 Å². The van der Waals surface area contributed by atoms with Crippen molar-refractivity contribution in [3.63, 3.8) is 0 Å². The summed E-state index contributed by atoms with van der Waals surface area (Å²) in [5.74, 6) is -0.0406. The normalized spacial score (nSPS) is 17.6. The van der Waals surface area contributed by atoms with Crippen LogP contribution in [0.3, 0.4) is 0 Å². The second-order valence-electron chi connectivity index (χ2n) is 6.79. The van der Waals surface area contributed by atoms with Gasteiger partial charge in [0.15, 0.2) is 0 Å². The highest BCUT2D eigenvalue weighted by Crippen LogP contribution is 2.25. The molecule has 124 valence electrons. The maximum absolute atomic E-state index is 12.4. The first-order chi connectivity index (χ1) is 11.8. The first kappa shape index (κ1) is 15.2. The number of rotatable bonds is 3. The Kier molecular flexibility index (Phi) is 4.20. The number of fused-ring (bicyclic) bond motifs is 1. The molecular formula is C20H23N3O. The number of carbonyl (C=O) groups is 1. The molecule has 0 spiro atoms. The van der Waals surface area contributed by atoms with Crippen molar-refractivity contribution in [2.45, 2.75) is 44.7 Å². The van der Waals surface area contributed by atoms with Crippen molar-refractivity contribution in [1.29, 1.82) is 0 Å². The lowest BCUT2D eigenvalue weighted by Gasteiger charge is -2.30. The Balaban J connectivity index is 1.49. The van der Waals surface area contributed by atoms with Gasteiger partial charge in [-0.05, 0) is 42.5 Å². The molecule has 1 fully saturated rings. The van der Waals surface area contributed by atoms with Gasteiger partial charge in [-0.15, -0.1) is 0 Å². The maximum atomic E-state index is 12.4. The Morgan fingerprint density at radius 2 is 1.92 bits per heavy atom. The molecule has 0 bridgehead atoms. The van der Waals surface area contributed by atoms with Crippen LogP contribution >= 0.6 is 0 Å². The Morgan fingerprint density at radius 1 is 1.12 bits per heavy atom. The summed E-state index contributed by atoms with van der Waals surface area (Å²) in [5.41, 5.74) is 4.41. The van der Waals surface area contributed by atoms with Crippen LogP contribution in [0.4, 0.5) is 5.69 Å². The highest BCUT2D eigenvalue weighted by atomic mass is 16.1. The molecule has 0 saturated heterocycles. The third-order valence-corrected chi connectivity index (χ3v) is 5.16. The highest BCUT2D eigenvalue weighted by Gasteiger charge is 2.20. The van der Waals surface area contributed by atoms with Gasteiger partial charge in [-0.1, -0.05) is 37.1 Å². The van der Waals surface area contributed by atoms with Gasteiger partial charge in [-0.3, -0.25) is 9.78 Å². The van der Waals surface area contributed by atoms with Crippen molar-refractivity contribution in [1.82, 2.24) is 10.3 Å². The molecular weight excluding hydrogens is 298 g/mol. The van der Waals surface area contributed by atoms with Crippen LogP contribution in [-0.2, 0) is 13.0 Å². The molecule has 1 aliphatic carbocycles. The van der Waals surface area contributed by atoms with Gasteiger partial charge in [0, 0.05) is 31.0 Å². The minimum Gasteiger partial charge on any atom is -0.367 e. The molecule has 4 nitrogen and oxygen atoms in total. The summed E-state index contributed by atoms with van der Waals surface area (Å²) in [6.07, 6.45) is 7.40. The Labute approximate surface area is 142 Å². The number of nitrogens with one attached hydrogen (secondary N) is 1. The van der Waals surface area contributed by atoms with Gasteiger partial charge >= 0.3 is 0 Å². The summed E-state index contributed by atoms with van der Waals surface area (Å²) in [6, 6.07) is 12.8. The topological polar surface area (TPSA) is 45.2 Å². The van der Waals surface area contributed by atoms with E-state index in [1.165, 1.54) is 24.0 Å². The Hall–Kier alpha value is -2.36. The van der Waals surface area contributed by atoms with E-state index in [1.54, 1.807) is 6.20 Å². The number of nitrogens with zero attached hydrogens (tertiary/aromatic N) is 2. The predicted molar refractivity (Wildman–Crippen MR) is 95.2 cm³/mol. The van der Waals surface area contributed by atoms with Crippen LogP contribution in [0.2, 0.25) is 0 Å². The van der Waals surface area contributed by atoms with E-state index < -0.39 is 0 Å². The second kappa shape index (κ2) is 6.63. The van der Waals surface area contributed by atoms with Crippen LogP contribution in [0.15, 0.2) is 42.6 Å². The molecule has 1 N–H and O–H groups in total. The third kappa shape index (κ3) is 3.14. The number of hydrogen-bond donors (Lipinski definition) is 1. The summed E-state index contributed by atoms with van der Waals surface area (Å²) in [7, 11) is 0. The van der Waals surface area contributed by atoms with E-state index in [4.69, 9.17) is 0 Å². The molecule has 0 unspecified atom stereocenters. The molecule has 1 aromatic carbocycles. The van der Waals surface area contributed by atoms with Crippen molar-refractivity contribution in [2.24, 2.45) is 0 Å². The maximum Gasteiger partial charge on any atom is 0.270 e. The largest absolute Gasteiger partial charge is 0.367 e. The fraction of sp³-hybridized carbons (Fsp3) is 0.400. The van der Waals surface area contributed by atoms with Crippen molar-refractivity contribution in [3.8, 4) is 0 Å². The predicted octanol–water partition coefficient (Wildman–Crippen LogP) is 3.32. The quantitative estimate of drug-likeness (QED) is 0.943. The van der Waals surface area contributed by atoms with Gasteiger partial charge in [0.2, 0.25) is 0 Å². The van der Waals surface area contributed by atoms with Gasteiger partial charge in [-0.25, -0.2) is 0 Å². The van der Waals surface area contributed by atoms with Crippen LogP contribution in [0, 0.1) is 0 Å². The molecule has 1 amide bonds. The average Bonchev–Trinajstić information content (AvgIpc) is 3.14. The molecule has 4 rings (SSSR count). The first-order valence-corrected chi connectivity index (χ1v) is 8.88. The van der Waals surface area contributed by atoms with E-state index in [9.17, 15) is 4.79 Å². The van der Waals surface area contributed by atoms with Crippen molar-refractivity contribution < 1.29 is 4.79 Å².